The molecule has 1 aromatic carbocycles. The summed E-state index contributed by atoms with van der Waals surface area (Å²) < 4.78 is 19.7. The zero-order valence-corrected chi connectivity index (χ0v) is 13.7. The number of fused-ring (bicyclic) bond motifs is 2. The van der Waals surface area contributed by atoms with Crippen molar-refractivity contribution >= 4 is 0 Å². The van der Waals surface area contributed by atoms with E-state index < -0.39 is 5.60 Å². The molecule has 22 heavy (non-hydrogen) atoms. The van der Waals surface area contributed by atoms with Crippen LogP contribution in [0.1, 0.15) is 31.2 Å². The van der Waals surface area contributed by atoms with E-state index in [1.165, 1.54) is 12.5 Å². The van der Waals surface area contributed by atoms with Crippen LogP contribution in [0.15, 0.2) is 18.2 Å². The Balaban J connectivity index is 2.04. The van der Waals surface area contributed by atoms with Gasteiger partial charge >= 0.3 is 0 Å². The van der Waals surface area contributed by atoms with Gasteiger partial charge in [-0.05, 0) is 63.4 Å². The second-order valence-electron chi connectivity index (χ2n) is 7.28. The quantitative estimate of drug-likeness (QED) is 0.928. The Kier molecular flexibility index (Phi) is 4.17. The number of halogens is 1. The normalized spacial score (nSPS) is 34.2. The number of aliphatic hydroxyl groups is 1. The van der Waals surface area contributed by atoms with E-state index in [-0.39, 0.29) is 11.7 Å². The summed E-state index contributed by atoms with van der Waals surface area (Å²) in [6.07, 6.45) is 4.14. The Hall–Kier alpha value is -1.13. The predicted molar refractivity (Wildman–Crippen MR) is 84.3 cm³/mol. The number of benzene rings is 1. The van der Waals surface area contributed by atoms with E-state index in [2.05, 4.69) is 4.90 Å². The van der Waals surface area contributed by atoms with Crippen LogP contribution in [-0.2, 0) is 5.60 Å². The molecular weight excluding hydrogens is 281 g/mol. The van der Waals surface area contributed by atoms with Gasteiger partial charge in [0.05, 0.1) is 12.7 Å². The third kappa shape index (κ3) is 2.63. The minimum Gasteiger partial charge on any atom is -0.497 e. The molecule has 2 aliphatic carbocycles. The summed E-state index contributed by atoms with van der Waals surface area (Å²) in [5, 5.41) is 11.5. The number of nitrogens with zero attached hydrogens (tertiary/aromatic N) is 1. The first kappa shape index (κ1) is 15.8. The van der Waals surface area contributed by atoms with Crippen LogP contribution >= 0.6 is 0 Å². The van der Waals surface area contributed by atoms with Gasteiger partial charge in [0.1, 0.15) is 11.6 Å². The summed E-state index contributed by atoms with van der Waals surface area (Å²) in [6.45, 7) is 0.782. The lowest BCUT2D eigenvalue weighted by Gasteiger charge is -2.45. The topological polar surface area (TPSA) is 32.7 Å². The first-order valence-electron chi connectivity index (χ1n) is 8.15. The molecule has 2 fully saturated rings. The molecule has 4 heteroatoms. The lowest BCUT2D eigenvalue weighted by Crippen LogP contribution is -2.47. The van der Waals surface area contributed by atoms with Crippen LogP contribution in [0, 0.1) is 23.6 Å². The molecule has 0 aromatic heterocycles. The van der Waals surface area contributed by atoms with Gasteiger partial charge in [0.15, 0.2) is 0 Å². The molecule has 1 aromatic rings. The van der Waals surface area contributed by atoms with Crippen molar-refractivity contribution in [3.8, 4) is 5.75 Å². The van der Waals surface area contributed by atoms with Crippen molar-refractivity contribution < 1.29 is 14.2 Å². The highest BCUT2D eigenvalue weighted by molar-refractivity contribution is 5.35. The molecule has 2 aliphatic rings. The van der Waals surface area contributed by atoms with Crippen molar-refractivity contribution in [2.75, 3.05) is 27.7 Å². The third-order valence-corrected chi connectivity index (χ3v) is 5.57. The molecular formula is C18H26FNO2. The van der Waals surface area contributed by atoms with Gasteiger partial charge in [-0.25, -0.2) is 4.39 Å². The first-order chi connectivity index (χ1) is 10.4. The molecule has 4 atom stereocenters. The molecule has 0 radical (unpaired) electrons. The van der Waals surface area contributed by atoms with E-state index in [0.717, 1.165) is 19.4 Å². The number of ether oxygens (including phenoxy) is 1. The molecule has 2 saturated carbocycles. The molecule has 0 spiro atoms. The van der Waals surface area contributed by atoms with Gasteiger partial charge in [0.25, 0.3) is 0 Å². The number of rotatable bonds is 4. The molecule has 122 valence electrons. The Morgan fingerprint density at radius 3 is 2.82 bits per heavy atom. The van der Waals surface area contributed by atoms with Crippen molar-refractivity contribution in [1.29, 1.82) is 0 Å². The van der Waals surface area contributed by atoms with Crippen LogP contribution in [0.2, 0.25) is 0 Å². The Morgan fingerprint density at radius 2 is 2.14 bits per heavy atom. The zero-order chi connectivity index (χ0) is 15.9. The fourth-order valence-corrected chi connectivity index (χ4v) is 4.61. The summed E-state index contributed by atoms with van der Waals surface area (Å²) in [6, 6.07) is 4.71. The van der Waals surface area contributed by atoms with Gasteiger partial charge in [-0.1, -0.05) is 6.42 Å². The second kappa shape index (κ2) is 5.82. The predicted octanol–water partition coefficient (Wildman–Crippen LogP) is 3.02. The maximum absolute atomic E-state index is 14.5. The maximum atomic E-state index is 14.5. The summed E-state index contributed by atoms with van der Waals surface area (Å²) in [4.78, 5) is 2.10. The van der Waals surface area contributed by atoms with Crippen LogP contribution in [0.3, 0.4) is 0 Å². The second-order valence-corrected chi connectivity index (χ2v) is 7.28. The molecule has 0 heterocycles. The molecule has 3 nitrogen and oxygen atoms in total. The standard InChI is InChI=1S/C18H26FNO2/c1-20(2)11-16-13-5-4-12(8-13)10-18(16,21)15-9-14(22-3)6-7-17(15)19/h6-7,9,12-13,16,21H,4-5,8,10-11H2,1-3H3/t12?,13-,16?,18?/m0/s1. The Morgan fingerprint density at radius 1 is 1.36 bits per heavy atom. The summed E-state index contributed by atoms with van der Waals surface area (Å²) >= 11 is 0. The average Bonchev–Trinajstić information content (AvgIpc) is 2.87. The van der Waals surface area contributed by atoms with Gasteiger partial charge in [0.2, 0.25) is 0 Å². The van der Waals surface area contributed by atoms with Crippen molar-refractivity contribution in [1.82, 2.24) is 4.90 Å². The van der Waals surface area contributed by atoms with Gasteiger partial charge in [-0.3, -0.25) is 0 Å². The van der Waals surface area contributed by atoms with E-state index in [9.17, 15) is 9.50 Å². The number of hydrogen-bond acceptors (Lipinski definition) is 3. The van der Waals surface area contributed by atoms with Crippen molar-refractivity contribution in [2.24, 2.45) is 17.8 Å². The molecule has 0 saturated heterocycles. The number of hydrogen-bond donors (Lipinski definition) is 1. The smallest absolute Gasteiger partial charge is 0.129 e. The Bertz CT molecular complexity index is 548. The maximum Gasteiger partial charge on any atom is 0.129 e. The molecule has 0 amide bonds. The van der Waals surface area contributed by atoms with Crippen LogP contribution in [0.5, 0.6) is 5.75 Å². The van der Waals surface area contributed by atoms with Crippen LogP contribution in [0.4, 0.5) is 4.39 Å². The Labute approximate surface area is 132 Å². The van der Waals surface area contributed by atoms with Crippen molar-refractivity contribution in [3.05, 3.63) is 29.6 Å². The molecule has 3 unspecified atom stereocenters. The lowest BCUT2D eigenvalue weighted by atomic mass is 9.65. The van der Waals surface area contributed by atoms with E-state index in [0.29, 0.717) is 29.6 Å². The minimum absolute atomic E-state index is 0.0721. The number of methoxy groups -OCH3 is 1. The highest BCUT2D eigenvalue weighted by atomic mass is 19.1. The first-order valence-corrected chi connectivity index (χ1v) is 8.15. The third-order valence-electron chi connectivity index (χ3n) is 5.57. The lowest BCUT2D eigenvalue weighted by molar-refractivity contribution is -0.0913. The summed E-state index contributed by atoms with van der Waals surface area (Å²) in [7, 11) is 5.61. The van der Waals surface area contributed by atoms with Crippen LogP contribution in [-0.4, -0.2) is 37.8 Å². The summed E-state index contributed by atoms with van der Waals surface area (Å²) in [5.74, 6) is 1.35. The molecule has 1 N–H and O–H groups in total. The van der Waals surface area contributed by atoms with Gasteiger partial charge < -0.3 is 14.7 Å². The van der Waals surface area contributed by atoms with Crippen LogP contribution in [0.25, 0.3) is 0 Å². The van der Waals surface area contributed by atoms with E-state index in [1.54, 1.807) is 19.2 Å². The van der Waals surface area contributed by atoms with E-state index in [1.807, 2.05) is 14.1 Å². The van der Waals surface area contributed by atoms with Gasteiger partial charge in [-0.15, -0.1) is 0 Å². The molecule has 0 aliphatic heterocycles. The summed E-state index contributed by atoms with van der Waals surface area (Å²) in [5.41, 5.74) is -0.678. The highest BCUT2D eigenvalue weighted by Gasteiger charge is 2.52. The van der Waals surface area contributed by atoms with Crippen molar-refractivity contribution in [2.45, 2.75) is 31.3 Å². The monoisotopic (exact) mass is 307 g/mol. The SMILES string of the molecule is COc1ccc(F)c(C2(O)CC3CC[C@@H](C3)C2CN(C)C)c1. The zero-order valence-electron chi connectivity index (χ0n) is 13.7. The fourth-order valence-electron chi connectivity index (χ4n) is 4.61. The minimum atomic E-state index is -1.09. The van der Waals surface area contributed by atoms with Gasteiger partial charge in [-0.2, -0.15) is 0 Å². The van der Waals surface area contributed by atoms with E-state index >= 15 is 0 Å². The molecule has 3 rings (SSSR count). The largest absolute Gasteiger partial charge is 0.497 e. The highest BCUT2D eigenvalue weighted by Crippen LogP contribution is 2.54. The fraction of sp³-hybridized carbons (Fsp3) is 0.667. The van der Waals surface area contributed by atoms with Gasteiger partial charge in [0, 0.05) is 18.0 Å². The average molecular weight is 307 g/mol. The van der Waals surface area contributed by atoms with E-state index in [4.69, 9.17) is 4.74 Å². The van der Waals surface area contributed by atoms with Crippen molar-refractivity contribution in [3.63, 3.8) is 0 Å². The van der Waals surface area contributed by atoms with Crippen LogP contribution < -0.4 is 4.74 Å². The molecule has 2 bridgehead atoms.